The number of benzene rings is 2. The molecular weight excluding hydrogens is 336 g/mol. The SMILES string of the molecule is C=C/C=C(\C=C/C)C1(C(/C=C\C)=C/C=C/C)c2ccccc2-c2ccccc21. The summed E-state index contributed by atoms with van der Waals surface area (Å²) >= 11 is 0. The molecule has 140 valence electrons. The minimum Gasteiger partial charge on any atom is -0.0991 e. The highest BCUT2D eigenvalue weighted by atomic mass is 14.5. The third-order valence-electron chi connectivity index (χ3n) is 5.28. The van der Waals surface area contributed by atoms with E-state index in [2.05, 4.69) is 124 Å². The average molecular weight is 365 g/mol. The highest BCUT2D eigenvalue weighted by Gasteiger charge is 2.46. The molecule has 0 unspecified atom stereocenters. The summed E-state index contributed by atoms with van der Waals surface area (Å²) in [6.45, 7) is 10.2. The van der Waals surface area contributed by atoms with Crippen LogP contribution in [-0.4, -0.2) is 0 Å². The van der Waals surface area contributed by atoms with Gasteiger partial charge in [0.15, 0.2) is 0 Å². The largest absolute Gasteiger partial charge is 0.0991 e. The van der Waals surface area contributed by atoms with Crippen LogP contribution in [0.4, 0.5) is 0 Å². The molecule has 0 heterocycles. The van der Waals surface area contributed by atoms with E-state index in [1.54, 1.807) is 0 Å². The maximum absolute atomic E-state index is 4.00. The van der Waals surface area contributed by atoms with Gasteiger partial charge in [-0.1, -0.05) is 110 Å². The van der Waals surface area contributed by atoms with Crippen LogP contribution >= 0.6 is 0 Å². The molecule has 0 radical (unpaired) electrons. The Morgan fingerprint density at radius 3 is 1.68 bits per heavy atom. The second kappa shape index (κ2) is 8.71. The van der Waals surface area contributed by atoms with Gasteiger partial charge in [0.2, 0.25) is 0 Å². The van der Waals surface area contributed by atoms with Crippen LogP contribution in [-0.2, 0) is 5.41 Å². The van der Waals surface area contributed by atoms with Gasteiger partial charge >= 0.3 is 0 Å². The van der Waals surface area contributed by atoms with E-state index in [1.807, 2.05) is 6.08 Å². The van der Waals surface area contributed by atoms with Crippen LogP contribution in [0.1, 0.15) is 31.9 Å². The molecule has 0 saturated heterocycles. The molecule has 1 aliphatic carbocycles. The lowest BCUT2D eigenvalue weighted by molar-refractivity contribution is 0.765. The van der Waals surface area contributed by atoms with Gasteiger partial charge in [-0.25, -0.2) is 0 Å². The predicted octanol–water partition coefficient (Wildman–Crippen LogP) is 7.72. The molecule has 2 aromatic carbocycles. The molecule has 0 heteroatoms. The fourth-order valence-corrected chi connectivity index (χ4v) is 4.32. The maximum atomic E-state index is 4.00. The van der Waals surface area contributed by atoms with Crippen molar-refractivity contribution in [2.45, 2.75) is 26.2 Å². The molecule has 0 aromatic heterocycles. The summed E-state index contributed by atoms with van der Waals surface area (Å²) in [6.07, 6.45) is 19.2. The zero-order chi connectivity index (χ0) is 20.0. The minimum absolute atomic E-state index is 0.375. The molecule has 0 nitrogen and oxygen atoms in total. The first-order valence-electron chi connectivity index (χ1n) is 9.87. The summed E-state index contributed by atoms with van der Waals surface area (Å²) < 4.78 is 0. The van der Waals surface area contributed by atoms with Crippen LogP contribution < -0.4 is 0 Å². The highest BCUT2D eigenvalue weighted by Crippen LogP contribution is 2.57. The van der Waals surface area contributed by atoms with Crippen LogP contribution in [0, 0.1) is 0 Å². The summed E-state index contributed by atoms with van der Waals surface area (Å²) in [5.74, 6) is 0. The average Bonchev–Trinajstić information content (AvgIpc) is 3.02. The highest BCUT2D eigenvalue weighted by molar-refractivity contribution is 5.87. The van der Waals surface area contributed by atoms with Crippen LogP contribution in [0.5, 0.6) is 0 Å². The van der Waals surface area contributed by atoms with Crippen molar-refractivity contribution in [1.29, 1.82) is 0 Å². The van der Waals surface area contributed by atoms with E-state index in [0.29, 0.717) is 0 Å². The molecule has 1 aliphatic rings. The maximum Gasteiger partial charge on any atom is 0.0713 e. The van der Waals surface area contributed by atoms with Crippen molar-refractivity contribution in [3.05, 3.63) is 132 Å². The molecule has 0 spiro atoms. The smallest absolute Gasteiger partial charge is 0.0713 e. The molecule has 3 rings (SSSR count). The lowest BCUT2D eigenvalue weighted by Crippen LogP contribution is -2.29. The van der Waals surface area contributed by atoms with Crippen molar-refractivity contribution in [3.8, 4) is 11.1 Å². The standard InChI is InChI=1S/C28H28/c1-5-9-17-23(16-8-4)28(22(14-6-2)15-7-3)26-20-12-10-18-24(26)25-19-11-13-21-27(25)28/h5-21H,2H2,1,3-4H3/b9-5+,15-7-,16-8-,22-14+,23-17+. The first-order chi connectivity index (χ1) is 13.7. The normalized spacial score (nSPS) is 16.1. The van der Waals surface area contributed by atoms with E-state index in [9.17, 15) is 0 Å². The van der Waals surface area contributed by atoms with E-state index in [-0.39, 0.29) is 5.41 Å². The minimum atomic E-state index is -0.375. The molecule has 0 amide bonds. The second-order valence-corrected chi connectivity index (χ2v) is 6.85. The van der Waals surface area contributed by atoms with E-state index in [1.165, 1.54) is 33.4 Å². The van der Waals surface area contributed by atoms with Gasteiger partial charge in [0, 0.05) is 0 Å². The Labute approximate surface area is 169 Å². The molecular formula is C28H28. The van der Waals surface area contributed by atoms with E-state index in [4.69, 9.17) is 0 Å². The van der Waals surface area contributed by atoms with E-state index in [0.717, 1.165) is 0 Å². The molecule has 0 bridgehead atoms. The Hall–Kier alpha value is -3.12. The van der Waals surface area contributed by atoms with E-state index >= 15 is 0 Å². The molecule has 0 aliphatic heterocycles. The zero-order valence-corrected chi connectivity index (χ0v) is 17.0. The molecule has 0 atom stereocenters. The molecule has 0 fully saturated rings. The second-order valence-electron chi connectivity index (χ2n) is 6.85. The van der Waals surface area contributed by atoms with Gasteiger partial charge in [0.25, 0.3) is 0 Å². The molecule has 2 aromatic rings. The van der Waals surface area contributed by atoms with Crippen LogP contribution in [0.3, 0.4) is 0 Å². The van der Waals surface area contributed by atoms with Crippen LogP contribution in [0.25, 0.3) is 11.1 Å². The van der Waals surface area contributed by atoms with Crippen molar-refractivity contribution in [2.75, 3.05) is 0 Å². The van der Waals surface area contributed by atoms with Crippen molar-refractivity contribution in [3.63, 3.8) is 0 Å². The Balaban J connectivity index is 2.54. The number of fused-ring (bicyclic) bond motifs is 3. The van der Waals surface area contributed by atoms with Gasteiger partial charge in [-0.2, -0.15) is 0 Å². The third-order valence-corrected chi connectivity index (χ3v) is 5.28. The quantitative estimate of drug-likeness (QED) is 0.460. The zero-order valence-electron chi connectivity index (χ0n) is 17.0. The fourth-order valence-electron chi connectivity index (χ4n) is 4.32. The van der Waals surface area contributed by atoms with Gasteiger partial charge < -0.3 is 0 Å². The predicted molar refractivity (Wildman–Crippen MR) is 123 cm³/mol. The summed E-state index contributed by atoms with van der Waals surface area (Å²) in [4.78, 5) is 0. The monoisotopic (exact) mass is 364 g/mol. The van der Waals surface area contributed by atoms with Gasteiger partial charge in [0.1, 0.15) is 0 Å². The van der Waals surface area contributed by atoms with Crippen molar-refractivity contribution >= 4 is 0 Å². The van der Waals surface area contributed by atoms with Crippen molar-refractivity contribution in [2.24, 2.45) is 0 Å². The van der Waals surface area contributed by atoms with Gasteiger partial charge in [-0.15, -0.1) is 0 Å². The van der Waals surface area contributed by atoms with Crippen LogP contribution in [0.15, 0.2) is 121 Å². The van der Waals surface area contributed by atoms with E-state index < -0.39 is 0 Å². The van der Waals surface area contributed by atoms with Crippen molar-refractivity contribution < 1.29 is 0 Å². The van der Waals surface area contributed by atoms with Crippen molar-refractivity contribution in [1.82, 2.24) is 0 Å². The number of allylic oxidation sites excluding steroid dienone is 11. The Bertz CT molecular complexity index is 960. The topological polar surface area (TPSA) is 0 Å². The third kappa shape index (κ3) is 3.05. The molecule has 0 N–H and O–H groups in total. The summed E-state index contributed by atoms with van der Waals surface area (Å²) in [6, 6.07) is 17.5. The van der Waals surface area contributed by atoms with Gasteiger partial charge in [0.05, 0.1) is 5.41 Å². The summed E-state index contributed by atoms with van der Waals surface area (Å²) in [7, 11) is 0. The molecule has 28 heavy (non-hydrogen) atoms. The summed E-state index contributed by atoms with van der Waals surface area (Å²) in [5, 5.41) is 0. The Morgan fingerprint density at radius 1 is 0.714 bits per heavy atom. The number of hydrogen-bond donors (Lipinski definition) is 0. The first kappa shape index (κ1) is 19.6. The Kier molecular flexibility index (Phi) is 6.11. The van der Waals surface area contributed by atoms with Gasteiger partial charge in [-0.05, 0) is 54.2 Å². The lowest BCUT2D eigenvalue weighted by atomic mass is 9.66. The fraction of sp³-hybridized carbons (Fsp3) is 0.143. The van der Waals surface area contributed by atoms with Gasteiger partial charge in [-0.3, -0.25) is 0 Å². The number of rotatable bonds is 6. The molecule has 0 saturated carbocycles. The number of hydrogen-bond acceptors (Lipinski definition) is 0. The Morgan fingerprint density at radius 2 is 1.21 bits per heavy atom. The lowest BCUT2D eigenvalue weighted by Gasteiger charge is -2.35. The first-order valence-corrected chi connectivity index (χ1v) is 9.87. The summed E-state index contributed by atoms with van der Waals surface area (Å²) in [5.41, 5.74) is 7.32. The van der Waals surface area contributed by atoms with Crippen LogP contribution in [0.2, 0.25) is 0 Å².